The number of hydrogen-bond acceptors (Lipinski definition) is 5. The summed E-state index contributed by atoms with van der Waals surface area (Å²) in [6.07, 6.45) is 1.50. The van der Waals surface area contributed by atoms with Gasteiger partial charge in [0.05, 0.1) is 12.0 Å². The summed E-state index contributed by atoms with van der Waals surface area (Å²) in [6.45, 7) is 7.15. The van der Waals surface area contributed by atoms with Gasteiger partial charge >= 0.3 is 5.97 Å². The number of esters is 1. The molecule has 0 fully saturated rings. The zero-order valence-electron chi connectivity index (χ0n) is 13.2. The molecule has 0 rings (SSSR count). The number of carbonyl (C=O) groups excluding carboxylic acids is 1. The fourth-order valence-corrected chi connectivity index (χ4v) is 1.73. The van der Waals surface area contributed by atoms with Gasteiger partial charge in [0, 0.05) is 13.7 Å². The van der Waals surface area contributed by atoms with Gasteiger partial charge in [-0.3, -0.25) is 4.79 Å². The molecule has 5 heteroatoms. The van der Waals surface area contributed by atoms with Gasteiger partial charge in [-0.05, 0) is 34.4 Å². The van der Waals surface area contributed by atoms with Gasteiger partial charge in [-0.1, -0.05) is 13.3 Å². The van der Waals surface area contributed by atoms with Crippen LogP contribution in [0.15, 0.2) is 0 Å². The lowest BCUT2D eigenvalue weighted by molar-refractivity contribution is -0.165. The molecule has 1 unspecified atom stereocenters. The van der Waals surface area contributed by atoms with Crippen LogP contribution in [0.25, 0.3) is 0 Å². The minimum absolute atomic E-state index is 0.167. The Balaban J connectivity index is 3.87. The number of nitrogens with zero attached hydrogens (tertiary/aromatic N) is 1. The molecule has 0 saturated carbocycles. The van der Waals surface area contributed by atoms with Crippen LogP contribution in [0.4, 0.5) is 0 Å². The summed E-state index contributed by atoms with van der Waals surface area (Å²) in [5, 5.41) is 0. The Morgan fingerprint density at radius 1 is 1.26 bits per heavy atom. The third kappa shape index (κ3) is 8.18. The average molecular weight is 275 g/mol. The van der Waals surface area contributed by atoms with E-state index >= 15 is 0 Å². The van der Waals surface area contributed by atoms with E-state index in [4.69, 9.17) is 14.2 Å². The lowest BCUT2D eigenvalue weighted by Gasteiger charge is -2.23. The monoisotopic (exact) mass is 275 g/mol. The van der Waals surface area contributed by atoms with E-state index in [-0.39, 0.29) is 18.9 Å². The van der Waals surface area contributed by atoms with Crippen LogP contribution in [0.3, 0.4) is 0 Å². The molecule has 0 radical (unpaired) electrons. The third-order valence-electron chi connectivity index (χ3n) is 2.82. The number of ether oxygens (including phenoxy) is 3. The molecule has 0 aromatic rings. The zero-order valence-corrected chi connectivity index (χ0v) is 13.2. The van der Waals surface area contributed by atoms with E-state index in [9.17, 15) is 4.79 Å². The first-order valence-corrected chi connectivity index (χ1v) is 6.79. The predicted molar refractivity (Wildman–Crippen MR) is 75.0 cm³/mol. The lowest BCUT2D eigenvalue weighted by atomic mass is 9.88. The summed E-state index contributed by atoms with van der Waals surface area (Å²) in [4.78, 5) is 13.8. The van der Waals surface area contributed by atoms with Crippen LogP contribution in [0.5, 0.6) is 0 Å². The van der Waals surface area contributed by atoms with Gasteiger partial charge in [0.2, 0.25) is 0 Å². The van der Waals surface area contributed by atoms with Crippen molar-refractivity contribution in [3.05, 3.63) is 0 Å². The van der Waals surface area contributed by atoms with Crippen LogP contribution in [0, 0.1) is 5.41 Å². The summed E-state index contributed by atoms with van der Waals surface area (Å²) < 4.78 is 15.9. The van der Waals surface area contributed by atoms with Gasteiger partial charge < -0.3 is 19.1 Å². The largest absolute Gasteiger partial charge is 0.463 e. The molecule has 0 aliphatic carbocycles. The van der Waals surface area contributed by atoms with Gasteiger partial charge in [-0.15, -0.1) is 0 Å². The second kappa shape index (κ2) is 9.28. The van der Waals surface area contributed by atoms with Crippen molar-refractivity contribution in [3.8, 4) is 0 Å². The van der Waals surface area contributed by atoms with Crippen molar-refractivity contribution < 1.29 is 19.0 Å². The quantitative estimate of drug-likeness (QED) is 0.346. The lowest BCUT2D eigenvalue weighted by Crippen LogP contribution is -2.32. The zero-order chi connectivity index (χ0) is 14.9. The average Bonchev–Trinajstić information content (AvgIpc) is 2.32. The van der Waals surface area contributed by atoms with Crippen molar-refractivity contribution in [2.45, 2.75) is 39.9 Å². The summed E-state index contributed by atoms with van der Waals surface area (Å²) in [5.74, 6) is -0.167. The highest BCUT2D eigenvalue weighted by Crippen LogP contribution is 2.23. The summed E-state index contributed by atoms with van der Waals surface area (Å²) in [6, 6.07) is 0. The van der Waals surface area contributed by atoms with Crippen LogP contribution in [-0.2, 0) is 19.0 Å². The molecule has 0 amide bonds. The van der Waals surface area contributed by atoms with Gasteiger partial charge in [-0.2, -0.15) is 0 Å². The second-order valence-corrected chi connectivity index (χ2v) is 5.57. The SMILES string of the molecule is CCCC(C)(C)C(=O)OCCOC(CN(C)C)OC. The van der Waals surface area contributed by atoms with Crippen molar-refractivity contribution in [3.63, 3.8) is 0 Å². The van der Waals surface area contributed by atoms with Crippen LogP contribution in [0.2, 0.25) is 0 Å². The van der Waals surface area contributed by atoms with E-state index in [0.717, 1.165) is 12.8 Å². The third-order valence-corrected chi connectivity index (χ3v) is 2.82. The van der Waals surface area contributed by atoms with E-state index in [1.807, 2.05) is 32.8 Å². The highest BCUT2D eigenvalue weighted by molar-refractivity contribution is 5.75. The Morgan fingerprint density at radius 3 is 2.37 bits per heavy atom. The first-order chi connectivity index (χ1) is 8.83. The Bertz CT molecular complexity index is 254. The van der Waals surface area contributed by atoms with E-state index < -0.39 is 5.41 Å². The highest BCUT2D eigenvalue weighted by Gasteiger charge is 2.28. The summed E-state index contributed by atoms with van der Waals surface area (Å²) in [7, 11) is 5.50. The van der Waals surface area contributed by atoms with E-state index in [1.54, 1.807) is 7.11 Å². The fourth-order valence-electron chi connectivity index (χ4n) is 1.73. The standard InChI is InChI=1S/C14H29NO4/c1-7-8-14(2,3)13(16)19-10-9-18-12(17-6)11-15(4)5/h12H,7-11H2,1-6H3. The molecule has 114 valence electrons. The topological polar surface area (TPSA) is 48.0 Å². The second-order valence-electron chi connectivity index (χ2n) is 5.57. The van der Waals surface area contributed by atoms with Crippen LogP contribution in [0.1, 0.15) is 33.6 Å². The molecule has 0 aliphatic heterocycles. The number of methoxy groups -OCH3 is 1. The van der Waals surface area contributed by atoms with Crippen molar-refractivity contribution in [2.75, 3.05) is 41.0 Å². The number of carbonyl (C=O) groups is 1. The van der Waals surface area contributed by atoms with Crippen molar-refractivity contribution >= 4 is 5.97 Å². The molecule has 19 heavy (non-hydrogen) atoms. The molecule has 1 atom stereocenters. The molecular weight excluding hydrogens is 246 g/mol. The maximum absolute atomic E-state index is 11.8. The molecule has 0 spiro atoms. The first kappa shape index (κ1) is 18.4. The van der Waals surface area contributed by atoms with Crippen molar-refractivity contribution in [2.24, 2.45) is 5.41 Å². The molecular formula is C14H29NO4. The Kier molecular flexibility index (Phi) is 8.97. The molecule has 0 N–H and O–H groups in total. The minimum Gasteiger partial charge on any atom is -0.463 e. The van der Waals surface area contributed by atoms with E-state index in [0.29, 0.717) is 13.2 Å². The number of hydrogen-bond donors (Lipinski definition) is 0. The molecule has 0 bridgehead atoms. The van der Waals surface area contributed by atoms with Gasteiger partial charge in [0.1, 0.15) is 6.61 Å². The first-order valence-electron chi connectivity index (χ1n) is 6.79. The maximum atomic E-state index is 11.8. The Morgan fingerprint density at radius 2 is 1.89 bits per heavy atom. The molecule has 0 aromatic carbocycles. The summed E-state index contributed by atoms with van der Waals surface area (Å²) >= 11 is 0. The normalized spacial score (nSPS) is 13.6. The molecule has 0 saturated heterocycles. The highest BCUT2D eigenvalue weighted by atomic mass is 16.7. The molecule has 0 aliphatic rings. The summed E-state index contributed by atoms with van der Waals surface area (Å²) in [5.41, 5.74) is -0.418. The minimum atomic E-state index is -0.418. The van der Waals surface area contributed by atoms with Gasteiger partial charge in [0.15, 0.2) is 6.29 Å². The number of likely N-dealkylation sites (N-methyl/N-ethyl adjacent to an activating group) is 1. The Hall–Kier alpha value is -0.650. The van der Waals surface area contributed by atoms with Gasteiger partial charge in [0.25, 0.3) is 0 Å². The van der Waals surface area contributed by atoms with E-state index in [2.05, 4.69) is 6.92 Å². The van der Waals surface area contributed by atoms with Crippen LogP contribution < -0.4 is 0 Å². The molecule has 0 heterocycles. The van der Waals surface area contributed by atoms with Crippen molar-refractivity contribution in [1.82, 2.24) is 4.90 Å². The number of rotatable bonds is 10. The predicted octanol–water partition coefficient (Wildman–Crippen LogP) is 1.91. The smallest absolute Gasteiger partial charge is 0.311 e. The van der Waals surface area contributed by atoms with Gasteiger partial charge in [-0.25, -0.2) is 0 Å². The maximum Gasteiger partial charge on any atom is 0.311 e. The van der Waals surface area contributed by atoms with Crippen molar-refractivity contribution in [1.29, 1.82) is 0 Å². The molecule has 5 nitrogen and oxygen atoms in total. The van der Waals surface area contributed by atoms with Crippen LogP contribution >= 0.6 is 0 Å². The van der Waals surface area contributed by atoms with Crippen LogP contribution in [-0.4, -0.2) is 58.1 Å². The Labute approximate surface area is 117 Å². The van der Waals surface area contributed by atoms with E-state index in [1.165, 1.54) is 0 Å². The molecule has 0 aromatic heterocycles. The fraction of sp³-hybridized carbons (Fsp3) is 0.929.